The number of carboxylic acid groups (broad SMARTS) is 1. The molecule has 2 aromatic rings. The predicted molar refractivity (Wildman–Crippen MR) is 72.3 cm³/mol. The molecular formula is C14H7BrFNO3. The fourth-order valence-electron chi connectivity index (χ4n) is 1.52. The Hall–Kier alpha value is -2.39. The fourth-order valence-corrected chi connectivity index (χ4v) is 1.93. The van der Waals surface area contributed by atoms with Crippen LogP contribution in [0.2, 0.25) is 0 Å². The molecule has 0 aliphatic carbocycles. The van der Waals surface area contributed by atoms with E-state index in [1.165, 1.54) is 36.4 Å². The Morgan fingerprint density at radius 2 is 2.10 bits per heavy atom. The molecule has 2 aromatic carbocycles. The Morgan fingerprint density at radius 1 is 1.35 bits per heavy atom. The third kappa shape index (κ3) is 2.78. The Morgan fingerprint density at radius 3 is 2.75 bits per heavy atom. The summed E-state index contributed by atoms with van der Waals surface area (Å²) in [4.78, 5) is 10.8. The lowest BCUT2D eigenvalue weighted by molar-refractivity contribution is 0.0696. The molecule has 0 heterocycles. The average molecular weight is 336 g/mol. The maximum absolute atomic E-state index is 14.0. The minimum Gasteiger partial charge on any atom is -0.478 e. The molecule has 0 atom stereocenters. The van der Waals surface area contributed by atoms with Crippen LogP contribution in [-0.2, 0) is 0 Å². The minimum atomic E-state index is -1.10. The van der Waals surface area contributed by atoms with Crippen molar-refractivity contribution in [3.05, 3.63) is 57.8 Å². The number of rotatable bonds is 3. The Bertz CT molecular complexity index is 725. The molecule has 100 valence electrons. The van der Waals surface area contributed by atoms with Crippen molar-refractivity contribution in [1.82, 2.24) is 0 Å². The van der Waals surface area contributed by atoms with Gasteiger partial charge in [0, 0.05) is 0 Å². The number of nitrogens with zero attached hydrogens (tertiary/aromatic N) is 1. The first-order valence-electron chi connectivity index (χ1n) is 5.42. The van der Waals surface area contributed by atoms with Crippen LogP contribution in [0.5, 0.6) is 11.5 Å². The normalized spacial score (nSPS) is 9.85. The second-order valence-corrected chi connectivity index (χ2v) is 4.58. The monoisotopic (exact) mass is 335 g/mol. The van der Waals surface area contributed by atoms with Crippen molar-refractivity contribution in [3.8, 4) is 17.6 Å². The summed E-state index contributed by atoms with van der Waals surface area (Å²) in [6.45, 7) is 0. The van der Waals surface area contributed by atoms with Crippen LogP contribution in [-0.4, -0.2) is 11.1 Å². The molecule has 0 amide bonds. The number of ether oxygens (including phenoxy) is 1. The molecule has 0 radical (unpaired) electrons. The van der Waals surface area contributed by atoms with Crippen molar-refractivity contribution in [2.75, 3.05) is 0 Å². The van der Waals surface area contributed by atoms with Crippen LogP contribution in [0.3, 0.4) is 0 Å². The van der Waals surface area contributed by atoms with Crippen molar-refractivity contribution in [3.63, 3.8) is 0 Å². The lowest BCUT2D eigenvalue weighted by Crippen LogP contribution is -1.97. The van der Waals surface area contributed by atoms with Crippen LogP contribution >= 0.6 is 15.9 Å². The summed E-state index contributed by atoms with van der Waals surface area (Å²) in [5, 5.41) is 17.6. The van der Waals surface area contributed by atoms with Crippen LogP contribution in [0.4, 0.5) is 4.39 Å². The van der Waals surface area contributed by atoms with E-state index < -0.39 is 11.8 Å². The first-order valence-corrected chi connectivity index (χ1v) is 6.21. The standard InChI is InChI=1S/C14H7BrFNO3/c15-12-9(7-17)4-5-11(13(12)16)20-10-3-1-2-8(6-10)14(18)19/h1-6H,(H,18,19). The number of carbonyl (C=O) groups is 1. The summed E-state index contributed by atoms with van der Waals surface area (Å²) in [6, 6.07) is 10.2. The molecule has 1 N–H and O–H groups in total. The van der Waals surface area contributed by atoms with E-state index in [1.807, 2.05) is 6.07 Å². The number of aromatic carboxylic acids is 1. The molecule has 0 aliphatic rings. The molecule has 0 saturated carbocycles. The van der Waals surface area contributed by atoms with E-state index in [4.69, 9.17) is 15.1 Å². The van der Waals surface area contributed by atoms with Gasteiger partial charge in [-0.15, -0.1) is 0 Å². The van der Waals surface area contributed by atoms with Gasteiger partial charge in [0.15, 0.2) is 11.6 Å². The molecule has 20 heavy (non-hydrogen) atoms. The molecule has 0 aromatic heterocycles. The molecule has 2 rings (SSSR count). The lowest BCUT2D eigenvalue weighted by atomic mass is 10.2. The summed E-state index contributed by atoms with van der Waals surface area (Å²) in [5.74, 6) is -1.72. The van der Waals surface area contributed by atoms with E-state index >= 15 is 0 Å². The first-order chi connectivity index (χ1) is 9.52. The molecule has 6 heteroatoms. The Kier molecular flexibility index (Phi) is 4.01. The largest absolute Gasteiger partial charge is 0.478 e. The van der Waals surface area contributed by atoms with Gasteiger partial charge in [0.2, 0.25) is 0 Å². The van der Waals surface area contributed by atoms with Gasteiger partial charge in [0.25, 0.3) is 0 Å². The van der Waals surface area contributed by atoms with Crippen LogP contribution in [0.25, 0.3) is 0 Å². The van der Waals surface area contributed by atoms with Crippen molar-refractivity contribution >= 4 is 21.9 Å². The number of hydrogen-bond donors (Lipinski definition) is 1. The maximum atomic E-state index is 14.0. The van der Waals surface area contributed by atoms with Crippen molar-refractivity contribution < 1.29 is 19.0 Å². The third-order valence-electron chi connectivity index (χ3n) is 2.48. The van der Waals surface area contributed by atoms with Crippen molar-refractivity contribution in [1.29, 1.82) is 5.26 Å². The van der Waals surface area contributed by atoms with Crippen molar-refractivity contribution in [2.45, 2.75) is 0 Å². The molecule has 0 spiro atoms. The Labute approximate surface area is 122 Å². The van der Waals surface area contributed by atoms with Gasteiger partial charge in [-0.05, 0) is 46.3 Å². The highest BCUT2D eigenvalue weighted by Gasteiger charge is 2.13. The second kappa shape index (κ2) is 5.72. The summed E-state index contributed by atoms with van der Waals surface area (Å²) in [5.41, 5.74) is 0.185. The quantitative estimate of drug-likeness (QED) is 0.921. The zero-order valence-corrected chi connectivity index (χ0v) is 11.5. The smallest absolute Gasteiger partial charge is 0.335 e. The summed E-state index contributed by atoms with van der Waals surface area (Å²) in [7, 11) is 0. The zero-order valence-electron chi connectivity index (χ0n) is 9.93. The molecule has 0 fully saturated rings. The van der Waals surface area contributed by atoms with Crippen LogP contribution in [0.1, 0.15) is 15.9 Å². The van der Waals surface area contributed by atoms with Crippen LogP contribution in [0, 0.1) is 17.1 Å². The van der Waals surface area contributed by atoms with E-state index in [2.05, 4.69) is 15.9 Å². The van der Waals surface area contributed by atoms with Gasteiger partial charge in [-0.2, -0.15) is 5.26 Å². The molecule has 4 nitrogen and oxygen atoms in total. The topological polar surface area (TPSA) is 70.3 Å². The molecular weight excluding hydrogens is 329 g/mol. The van der Waals surface area contributed by atoms with E-state index in [0.29, 0.717) is 0 Å². The van der Waals surface area contributed by atoms with Crippen LogP contribution < -0.4 is 4.74 Å². The van der Waals surface area contributed by atoms with Gasteiger partial charge in [0.1, 0.15) is 11.8 Å². The SMILES string of the molecule is N#Cc1ccc(Oc2cccc(C(=O)O)c2)c(F)c1Br. The molecule has 0 unspecified atom stereocenters. The van der Waals surface area contributed by atoms with Gasteiger partial charge in [-0.3, -0.25) is 0 Å². The fraction of sp³-hybridized carbons (Fsp3) is 0. The highest BCUT2D eigenvalue weighted by atomic mass is 79.9. The third-order valence-corrected chi connectivity index (χ3v) is 3.25. The summed E-state index contributed by atoms with van der Waals surface area (Å²) < 4.78 is 19.3. The van der Waals surface area contributed by atoms with Gasteiger partial charge in [-0.25, -0.2) is 9.18 Å². The second-order valence-electron chi connectivity index (χ2n) is 3.79. The molecule has 0 aliphatic heterocycles. The maximum Gasteiger partial charge on any atom is 0.335 e. The minimum absolute atomic E-state index is 0.00638. The average Bonchev–Trinajstić information content (AvgIpc) is 2.44. The lowest BCUT2D eigenvalue weighted by Gasteiger charge is -2.09. The van der Waals surface area contributed by atoms with E-state index in [-0.39, 0.29) is 27.1 Å². The van der Waals surface area contributed by atoms with Gasteiger partial charge < -0.3 is 9.84 Å². The summed E-state index contributed by atoms with van der Waals surface area (Å²) in [6.07, 6.45) is 0. The van der Waals surface area contributed by atoms with Crippen molar-refractivity contribution in [2.24, 2.45) is 0 Å². The van der Waals surface area contributed by atoms with E-state index in [1.54, 1.807) is 0 Å². The number of hydrogen-bond acceptors (Lipinski definition) is 3. The predicted octanol–water partition coefficient (Wildman–Crippen LogP) is 3.95. The number of carboxylic acids is 1. The molecule has 0 bridgehead atoms. The highest BCUT2D eigenvalue weighted by molar-refractivity contribution is 9.10. The Balaban J connectivity index is 2.36. The van der Waals surface area contributed by atoms with E-state index in [9.17, 15) is 9.18 Å². The van der Waals surface area contributed by atoms with Gasteiger partial charge >= 0.3 is 5.97 Å². The number of halogens is 2. The zero-order chi connectivity index (χ0) is 14.7. The van der Waals surface area contributed by atoms with E-state index in [0.717, 1.165) is 0 Å². The number of benzene rings is 2. The molecule has 0 saturated heterocycles. The van der Waals surface area contributed by atoms with Gasteiger partial charge in [0.05, 0.1) is 15.6 Å². The van der Waals surface area contributed by atoms with Crippen LogP contribution in [0.15, 0.2) is 40.9 Å². The first kappa shape index (κ1) is 14.0. The van der Waals surface area contributed by atoms with Gasteiger partial charge in [-0.1, -0.05) is 6.07 Å². The number of nitriles is 1. The highest BCUT2D eigenvalue weighted by Crippen LogP contribution is 2.31. The summed E-state index contributed by atoms with van der Waals surface area (Å²) >= 11 is 2.97.